The molecule has 1 rings (SSSR count). The molecule has 100 valence electrons. The lowest BCUT2D eigenvalue weighted by molar-refractivity contribution is -0.385. The van der Waals surface area contributed by atoms with Crippen LogP contribution in [0.15, 0.2) is 12.3 Å². The van der Waals surface area contributed by atoms with Crippen molar-refractivity contribution in [2.45, 2.75) is 26.8 Å². The second-order valence-electron chi connectivity index (χ2n) is 4.62. The van der Waals surface area contributed by atoms with E-state index in [1.807, 2.05) is 6.92 Å². The highest BCUT2D eigenvalue weighted by Crippen LogP contribution is 2.17. The summed E-state index contributed by atoms with van der Waals surface area (Å²) >= 11 is 0. The van der Waals surface area contributed by atoms with Crippen molar-refractivity contribution in [3.8, 4) is 0 Å². The summed E-state index contributed by atoms with van der Waals surface area (Å²) in [6.45, 7) is 7.75. The maximum absolute atomic E-state index is 10.6. The van der Waals surface area contributed by atoms with Crippen LogP contribution in [0.3, 0.4) is 0 Å². The Morgan fingerprint density at radius 1 is 1.56 bits per heavy atom. The van der Waals surface area contributed by atoms with Crippen LogP contribution in [0.2, 0.25) is 0 Å². The van der Waals surface area contributed by atoms with Crippen molar-refractivity contribution < 1.29 is 4.92 Å². The largest absolute Gasteiger partial charge is 0.369 e. The highest BCUT2D eigenvalue weighted by Gasteiger charge is 2.09. The summed E-state index contributed by atoms with van der Waals surface area (Å²) < 4.78 is 0. The number of aromatic nitrogens is 1. The molecule has 0 spiro atoms. The van der Waals surface area contributed by atoms with Gasteiger partial charge in [0.2, 0.25) is 0 Å². The lowest BCUT2D eigenvalue weighted by atomic mass is 10.2. The first kappa shape index (κ1) is 14.4. The van der Waals surface area contributed by atoms with Gasteiger partial charge in [-0.15, -0.1) is 0 Å². The van der Waals surface area contributed by atoms with Crippen LogP contribution in [0, 0.1) is 17.0 Å². The number of likely N-dealkylation sites (N-methyl/N-ethyl adjacent to an activating group) is 1. The van der Waals surface area contributed by atoms with E-state index in [9.17, 15) is 10.1 Å². The quantitative estimate of drug-likeness (QED) is 0.619. The van der Waals surface area contributed by atoms with E-state index in [4.69, 9.17) is 0 Å². The molecule has 6 heteroatoms. The smallest absolute Gasteiger partial charge is 0.287 e. The Bertz CT molecular complexity index is 421. The third kappa shape index (κ3) is 3.96. The fraction of sp³-hybridized carbons (Fsp3) is 0.583. The fourth-order valence-corrected chi connectivity index (χ4v) is 1.45. The van der Waals surface area contributed by atoms with Crippen LogP contribution in [0.1, 0.15) is 19.4 Å². The van der Waals surface area contributed by atoms with E-state index in [2.05, 4.69) is 36.1 Å². The Labute approximate surface area is 107 Å². The summed E-state index contributed by atoms with van der Waals surface area (Å²) in [6, 6.07) is 2.03. The molecule has 0 saturated carbocycles. The van der Waals surface area contributed by atoms with Crippen molar-refractivity contribution in [1.29, 1.82) is 0 Å². The standard InChI is InChI=1S/C12H20N4O2/c1-9(2)15(4)6-5-13-12-10(3)7-11(8-14-12)16(17)18/h7-9H,5-6H2,1-4H3,(H,13,14). The first-order valence-corrected chi connectivity index (χ1v) is 5.97. The van der Waals surface area contributed by atoms with E-state index >= 15 is 0 Å². The lowest BCUT2D eigenvalue weighted by Crippen LogP contribution is -2.31. The van der Waals surface area contributed by atoms with Crippen molar-refractivity contribution in [3.63, 3.8) is 0 Å². The summed E-state index contributed by atoms with van der Waals surface area (Å²) in [5.74, 6) is 0.706. The number of nitrogens with zero attached hydrogens (tertiary/aromatic N) is 3. The summed E-state index contributed by atoms with van der Waals surface area (Å²) in [4.78, 5) is 16.4. The second kappa shape index (κ2) is 6.30. The van der Waals surface area contributed by atoms with Crippen LogP contribution in [0.5, 0.6) is 0 Å². The van der Waals surface area contributed by atoms with E-state index in [1.165, 1.54) is 12.3 Å². The predicted octanol–water partition coefficient (Wildman–Crippen LogP) is 2.05. The van der Waals surface area contributed by atoms with E-state index < -0.39 is 4.92 Å². The van der Waals surface area contributed by atoms with Gasteiger partial charge < -0.3 is 10.2 Å². The number of rotatable bonds is 6. The van der Waals surface area contributed by atoms with Crippen LogP contribution < -0.4 is 5.32 Å². The number of hydrogen-bond acceptors (Lipinski definition) is 5. The van der Waals surface area contributed by atoms with E-state index in [1.54, 1.807) is 0 Å². The molecule has 1 aromatic heterocycles. The van der Waals surface area contributed by atoms with Gasteiger partial charge in [-0.25, -0.2) is 4.98 Å². The molecule has 0 amide bonds. The summed E-state index contributed by atoms with van der Waals surface area (Å²) in [7, 11) is 2.06. The molecule has 0 unspecified atom stereocenters. The maximum atomic E-state index is 10.6. The average molecular weight is 252 g/mol. The Morgan fingerprint density at radius 3 is 2.72 bits per heavy atom. The highest BCUT2D eigenvalue weighted by molar-refractivity contribution is 5.48. The first-order valence-electron chi connectivity index (χ1n) is 5.97. The Hall–Kier alpha value is -1.69. The molecule has 0 aliphatic heterocycles. The van der Waals surface area contributed by atoms with Gasteiger partial charge in [-0.05, 0) is 33.4 Å². The fourth-order valence-electron chi connectivity index (χ4n) is 1.45. The molecule has 0 bridgehead atoms. The normalized spacial score (nSPS) is 11.0. The van der Waals surface area contributed by atoms with Crippen LogP contribution >= 0.6 is 0 Å². The zero-order chi connectivity index (χ0) is 13.7. The van der Waals surface area contributed by atoms with Gasteiger partial charge in [0, 0.05) is 25.2 Å². The van der Waals surface area contributed by atoms with Crippen LogP contribution in [-0.2, 0) is 0 Å². The molecular weight excluding hydrogens is 232 g/mol. The summed E-state index contributed by atoms with van der Waals surface area (Å²) in [5, 5.41) is 13.8. The van der Waals surface area contributed by atoms with Crippen molar-refractivity contribution in [3.05, 3.63) is 27.9 Å². The highest BCUT2D eigenvalue weighted by atomic mass is 16.6. The van der Waals surface area contributed by atoms with Crippen LogP contribution in [-0.4, -0.2) is 41.0 Å². The van der Waals surface area contributed by atoms with Gasteiger partial charge in [-0.1, -0.05) is 0 Å². The summed E-state index contributed by atoms with van der Waals surface area (Å²) in [5.41, 5.74) is 0.814. The van der Waals surface area contributed by atoms with Crippen molar-refractivity contribution in [1.82, 2.24) is 9.88 Å². The van der Waals surface area contributed by atoms with Gasteiger partial charge in [0.25, 0.3) is 5.69 Å². The molecule has 0 saturated heterocycles. The molecule has 1 heterocycles. The van der Waals surface area contributed by atoms with Gasteiger partial charge in [0.05, 0.1) is 4.92 Å². The molecule has 0 aliphatic rings. The van der Waals surface area contributed by atoms with Crippen molar-refractivity contribution >= 4 is 11.5 Å². The minimum absolute atomic E-state index is 0.0253. The Balaban J connectivity index is 2.56. The van der Waals surface area contributed by atoms with Gasteiger partial charge in [-0.2, -0.15) is 0 Å². The molecule has 1 aromatic rings. The second-order valence-corrected chi connectivity index (χ2v) is 4.62. The minimum Gasteiger partial charge on any atom is -0.369 e. The summed E-state index contributed by atoms with van der Waals surface area (Å²) in [6.07, 6.45) is 1.28. The Morgan fingerprint density at radius 2 is 2.22 bits per heavy atom. The average Bonchev–Trinajstić information content (AvgIpc) is 2.30. The van der Waals surface area contributed by atoms with Crippen LogP contribution in [0.4, 0.5) is 11.5 Å². The first-order chi connectivity index (χ1) is 8.41. The molecule has 18 heavy (non-hydrogen) atoms. The predicted molar refractivity (Wildman–Crippen MR) is 71.9 cm³/mol. The molecule has 0 radical (unpaired) electrons. The van der Waals surface area contributed by atoms with E-state index in [0.717, 1.165) is 18.7 Å². The Kier molecular flexibility index (Phi) is 5.03. The molecular formula is C12H20N4O2. The zero-order valence-electron chi connectivity index (χ0n) is 11.3. The van der Waals surface area contributed by atoms with Gasteiger partial charge in [0.15, 0.2) is 0 Å². The third-order valence-electron chi connectivity index (χ3n) is 2.91. The molecule has 0 atom stereocenters. The third-order valence-corrected chi connectivity index (χ3v) is 2.91. The van der Waals surface area contributed by atoms with Gasteiger partial charge in [0.1, 0.15) is 12.0 Å². The molecule has 1 N–H and O–H groups in total. The number of nitrogens with one attached hydrogen (secondary N) is 1. The SMILES string of the molecule is Cc1cc([N+](=O)[O-])cnc1NCCN(C)C(C)C. The molecule has 0 aliphatic carbocycles. The monoisotopic (exact) mass is 252 g/mol. The number of nitro groups is 1. The number of pyridine rings is 1. The minimum atomic E-state index is -0.434. The lowest BCUT2D eigenvalue weighted by Gasteiger charge is -2.21. The maximum Gasteiger partial charge on any atom is 0.287 e. The van der Waals surface area contributed by atoms with Crippen LogP contribution in [0.25, 0.3) is 0 Å². The van der Waals surface area contributed by atoms with E-state index in [0.29, 0.717) is 11.9 Å². The van der Waals surface area contributed by atoms with Gasteiger partial charge in [-0.3, -0.25) is 10.1 Å². The zero-order valence-corrected chi connectivity index (χ0v) is 11.3. The van der Waals surface area contributed by atoms with Crippen molar-refractivity contribution in [2.24, 2.45) is 0 Å². The number of aryl methyl sites for hydroxylation is 1. The van der Waals surface area contributed by atoms with Crippen molar-refractivity contribution in [2.75, 3.05) is 25.5 Å². The van der Waals surface area contributed by atoms with Gasteiger partial charge >= 0.3 is 0 Å². The molecule has 0 fully saturated rings. The number of anilines is 1. The molecule has 0 aromatic carbocycles. The molecule has 6 nitrogen and oxygen atoms in total. The number of hydrogen-bond donors (Lipinski definition) is 1. The van der Waals surface area contributed by atoms with E-state index in [-0.39, 0.29) is 5.69 Å². The topological polar surface area (TPSA) is 71.3 Å².